The van der Waals surface area contributed by atoms with Gasteiger partial charge >= 0.3 is 0 Å². The second kappa shape index (κ2) is 7.35. The first-order valence-corrected chi connectivity index (χ1v) is 7.64. The van der Waals surface area contributed by atoms with Gasteiger partial charge in [0, 0.05) is 0 Å². The fourth-order valence-electron chi connectivity index (χ4n) is 3.12. The summed E-state index contributed by atoms with van der Waals surface area (Å²) in [7, 11) is 0. The molecule has 0 unspecified atom stereocenters. The molecule has 2 aliphatic rings. The first kappa shape index (κ1) is 14.1. The van der Waals surface area contributed by atoms with Crippen molar-refractivity contribution in [3.63, 3.8) is 0 Å². The van der Waals surface area contributed by atoms with Crippen LogP contribution in [0.2, 0.25) is 0 Å². The fraction of sp³-hybridized carbons (Fsp3) is 1.00. The highest BCUT2D eigenvalue weighted by Gasteiger charge is 2.21. The number of rotatable bonds is 3. The van der Waals surface area contributed by atoms with E-state index in [9.17, 15) is 0 Å². The average molecular weight is 224 g/mol. The highest BCUT2D eigenvalue weighted by molar-refractivity contribution is 4.74. The second-order valence-electron chi connectivity index (χ2n) is 6.66. The Kier molecular flexibility index (Phi) is 6.46. The largest absolute Gasteiger partial charge is 0.0654 e. The molecule has 0 aliphatic heterocycles. The third kappa shape index (κ3) is 5.92. The van der Waals surface area contributed by atoms with Crippen molar-refractivity contribution in [2.45, 2.75) is 91.4 Å². The highest BCUT2D eigenvalue weighted by Crippen LogP contribution is 2.36. The topological polar surface area (TPSA) is 0 Å². The maximum Gasteiger partial charge on any atom is -0.0354 e. The summed E-state index contributed by atoms with van der Waals surface area (Å²) in [6, 6.07) is 0. The summed E-state index contributed by atoms with van der Waals surface area (Å²) in [4.78, 5) is 0. The smallest absolute Gasteiger partial charge is 0.0354 e. The van der Waals surface area contributed by atoms with E-state index in [0.717, 1.165) is 5.92 Å². The van der Waals surface area contributed by atoms with Crippen LogP contribution in [0.25, 0.3) is 0 Å². The molecule has 2 rings (SSSR count). The molecule has 0 atom stereocenters. The van der Waals surface area contributed by atoms with Crippen molar-refractivity contribution in [3.05, 3.63) is 0 Å². The van der Waals surface area contributed by atoms with Crippen LogP contribution in [0.5, 0.6) is 0 Å². The lowest BCUT2D eigenvalue weighted by Gasteiger charge is -2.13. The molecule has 0 N–H and O–H groups in total. The SMILES string of the molecule is CC1(C)CCCC1.CCCCC1CCCC1. The van der Waals surface area contributed by atoms with Crippen molar-refractivity contribution >= 4 is 0 Å². The second-order valence-corrected chi connectivity index (χ2v) is 6.66. The molecule has 0 spiro atoms. The van der Waals surface area contributed by atoms with Crippen LogP contribution in [-0.4, -0.2) is 0 Å². The minimum Gasteiger partial charge on any atom is -0.0654 e. The first-order valence-electron chi connectivity index (χ1n) is 7.64. The quantitative estimate of drug-likeness (QED) is 0.555. The van der Waals surface area contributed by atoms with Crippen LogP contribution in [-0.2, 0) is 0 Å². The Balaban J connectivity index is 0.000000165. The molecular formula is C16H32. The minimum atomic E-state index is 0.694. The van der Waals surface area contributed by atoms with Gasteiger partial charge in [0.05, 0.1) is 0 Å². The third-order valence-electron chi connectivity index (χ3n) is 4.40. The minimum absolute atomic E-state index is 0.694. The standard InChI is InChI=1S/C9H18.C7H14/c1-2-3-6-9-7-4-5-8-9;1-7(2)5-3-4-6-7/h9H,2-8H2,1H3;3-6H2,1-2H3. The molecule has 0 amide bonds. The van der Waals surface area contributed by atoms with Crippen LogP contribution in [0, 0.1) is 11.3 Å². The van der Waals surface area contributed by atoms with Crippen molar-refractivity contribution in [1.29, 1.82) is 0 Å². The molecule has 0 aromatic rings. The van der Waals surface area contributed by atoms with Gasteiger partial charge in [0.25, 0.3) is 0 Å². The summed E-state index contributed by atoms with van der Waals surface area (Å²) >= 11 is 0. The Hall–Kier alpha value is 0. The summed E-state index contributed by atoms with van der Waals surface area (Å²) in [6.45, 7) is 7.01. The molecule has 0 aromatic carbocycles. The van der Waals surface area contributed by atoms with Crippen molar-refractivity contribution in [3.8, 4) is 0 Å². The van der Waals surface area contributed by atoms with E-state index in [1.165, 1.54) is 70.6 Å². The molecule has 2 saturated carbocycles. The number of hydrogen-bond acceptors (Lipinski definition) is 0. The van der Waals surface area contributed by atoms with E-state index in [1.807, 2.05) is 0 Å². The van der Waals surface area contributed by atoms with Crippen molar-refractivity contribution < 1.29 is 0 Å². The van der Waals surface area contributed by atoms with Crippen molar-refractivity contribution in [2.24, 2.45) is 11.3 Å². The van der Waals surface area contributed by atoms with E-state index < -0.39 is 0 Å². The van der Waals surface area contributed by atoms with Gasteiger partial charge in [-0.05, 0) is 24.2 Å². The van der Waals surface area contributed by atoms with Gasteiger partial charge in [-0.15, -0.1) is 0 Å². The van der Waals surface area contributed by atoms with Gasteiger partial charge in [-0.25, -0.2) is 0 Å². The summed E-state index contributed by atoms with van der Waals surface area (Å²) in [5.74, 6) is 1.12. The van der Waals surface area contributed by atoms with E-state index in [0.29, 0.717) is 5.41 Å². The van der Waals surface area contributed by atoms with E-state index in [1.54, 1.807) is 0 Å². The molecule has 2 aliphatic carbocycles. The van der Waals surface area contributed by atoms with Gasteiger partial charge < -0.3 is 0 Å². The third-order valence-corrected chi connectivity index (χ3v) is 4.40. The van der Waals surface area contributed by atoms with Crippen LogP contribution in [0.4, 0.5) is 0 Å². The predicted molar refractivity (Wildman–Crippen MR) is 73.7 cm³/mol. The lowest BCUT2D eigenvalue weighted by molar-refractivity contribution is 0.382. The Bertz CT molecular complexity index is 155. The summed E-state index contributed by atoms with van der Waals surface area (Å²) in [5.41, 5.74) is 0.694. The van der Waals surface area contributed by atoms with Gasteiger partial charge in [-0.2, -0.15) is 0 Å². The molecule has 0 radical (unpaired) electrons. The molecule has 0 nitrogen and oxygen atoms in total. The molecule has 2 fully saturated rings. The zero-order valence-corrected chi connectivity index (χ0v) is 11.9. The van der Waals surface area contributed by atoms with E-state index >= 15 is 0 Å². The van der Waals surface area contributed by atoms with Gasteiger partial charge in [-0.1, -0.05) is 78.6 Å². The zero-order chi connectivity index (χ0) is 11.9. The predicted octanol–water partition coefficient (Wildman–Crippen LogP) is 5.95. The van der Waals surface area contributed by atoms with Crippen LogP contribution >= 0.6 is 0 Å². The highest BCUT2D eigenvalue weighted by atomic mass is 14.3. The molecule has 0 heteroatoms. The number of hydrogen-bond donors (Lipinski definition) is 0. The summed E-state index contributed by atoms with van der Waals surface area (Å²) in [5, 5.41) is 0. The Morgan fingerprint density at radius 1 is 0.938 bits per heavy atom. The average Bonchev–Trinajstić information content (AvgIpc) is 2.87. The molecule has 0 saturated heterocycles. The lowest BCUT2D eigenvalue weighted by atomic mass is 9.92. The Morgan fingerprint density at radius 3 is 1.88 bits per heavy atom. The van der Waals surface area contributed by atoms with Crippen molar-refractivity contribution in [1.82, 2.24) is 0 Å². The maximum atomic E-state index is 2.36. The Labute approximate surface area is 103 Å². The monoisotopic (exact) mass is 224 g/mol. The Morgan fingerprint density at radius 2 is 1.50 bits per heavy atom. The van der Waals surface area contributed by atoms with Crippen LogP contribution in [0.15, 0.2) is 0 Å². The molecule has 0 heterocycles. The van der Waals surface area contributed by atoms with E-state index in [4.69, 9.17) is 0 Å². The number of unbranched alkanes of at least 4 members (excludes halogenated alkanes) is 1. The summed E-state index contributed by atoms with van der Waals surface area (Å²) in [6.07, 6.45) is 16.3. The van der Waals surface area contributed by atoms with E-state index in [-0.39, 0.29) is 0 Å². The first-order chi connectivity index (χ1) is 7.64. The maximum absolute atomic E-state index is 2.36. The van der Waals surface area contributed by atoms with E-state index in [2.05, 4.69) is 20.8 Å². The van der Waals surface area contributed by atoms with Gasteiger partial charge in [0.2, 0.25) is 0 Å². The van der Waals surface area contributed by atoms with Crippen molar-refractivity contribution in [2.75, 3.05) is 0 Å². The zero-order valence-electron chi connectivity index (χ0n) is 11.9. The summed E-state index contributed by atoms with van der Waals surface area (Å²) < 4.78 is 0. The molecular weight excluding hydrogens is 192 g/mol. The molecule has 96 valence electrons. The lowest BCUT2D eigenvalue weighted by Crippen LogP contribution is -2.01. The van der Waals surface area contributed by atoms with Gasteiger partial charge in [-0.3, -0.25) is 0 Å². The van der Waals surface area contributed by atoms with Crippen LogP contribution < -0.4 is 0 Å². The molecule has 0 aromatic heterocycles. The van der Waals surface area contributed by atoms with Gasteiger partial charge in [0.1, 0.15) is 0 Å². The van der Waals surface area contributed by atoms with Crippen LogP contribution in [0.3, 0.4) is 0 Å². The van der Waals surface area contributed by atoms with Gasteiger partial charge in [0.15, 0.2) is 0 Å². The fourth-order valence-corrected chi connectivity index (χ4v) is 3.12. The van der Waals surface area contributed by atoms with Crippen LogP contribution in [0.1, 0.15) is 91.4 Å². The normalized spacial score (nSPS) is 24.2. The molecule has 0 bridgehead atoms. The molecule has 16 heavy (non-hydrogen) atoms.